The number of alkyl halides is 4. The van der Waals surface area contributed by atoms with Crippen LogP contribution in [0.3, 0.4) is 0 Å². The Labute approximate surface area is 196 Å². The number of halogens is 5. The van der Waals surface area contributed by atoms with Crippen LogP contribution in [0.1, 0.15) is 6.42 Å². The van der Waals surface area contributed by atoms with E-state index in [0.717, 1.165) is 24.6 Å². The molecule has 2 aromatic rings. The molecule has 0 radical (unpaired) electrons. The Morgan fingerprint density at radius 3 is 2.64 bits per heavy atom. The third kappa shape index (κ3) is 6.58. The van der Waals surface area contributed by atoms with Crippen LogP contribution in [0.5, 0.6) is 5.88 Å². The molecule has 1 aromatic carbocycles. The Balaban J connectivity index is 1.94. The van der Waals surface area contributed by atoms with E-state index in [4.69, 9.17) is 33.0 Å². The van der Waals surface area contributed by atoms with Gasteiger partial charge in [-0.15, -0.1) is 13.2 Å². The lowest BCUT2D eigenvalue weighted by atomic mass is 10.1. The summed E-state index contributed by atoms with van der Waals surface area (Å²) in [7, 11) is -4.31. The zero-order chi connectivity index (χ0) is 24.3. The normalized spacial score (nSPS) is 18.7. The lowest BCUT2D eigenvalue weighted by molar-refractivity contribution is -0.344. The lowest BCUT2D eigenvalue weighted by Gasteiger charge is -2.26. The van der Waals surface area contributed by atoms with Gasteiger partial charge in [0.25, 0.3) is 10.0 Å². The highest BCUT2D eigenvalue weighted by molar-refractivity contribution is 7.96. The average Bonchev–Trinajstić information content (AvgIpc) is 2.70. The number of hydrogen-bond acceptors (Lipinski definition) is 7. The number of nitrogens with one attached hydrogen (secondary N) is 1. The predicted molar refractivity (Wildman–Crippen MR) is 115 cm³/mol. The SMILES string of the molecule is O=S(=O)(Nc1ncnc(OCCO)c1-c1cccc(Cl)c1)C1=CCC(Cl)(OC(F)(F)F)C=C1. The molecular formula is C19H16Cl2F3N3O5S. The molecule has 1 aromatic heterocycles. The van der Waals surface area contributed by atoms with E-state index >= 15 is 0 Å². The third-order valence-corrected chi connectivity index (χ3v) is 6.14. The van der Waals surface area contributed by atoms with Gasteiger partial charge in [-0.3, -0.25) is 9.46 Å². The van der Waals surface area contributed by atoms with Gasteiger partial charge in [-0.25, -0.2) is 18.4 Å². The molecule has 0 amide bonds. The summed E-state index contributed by atoms with van der Waals surface area (Å²) in [6.07, 6.45) is -1.84. The second kappa shape index (κ2) is 9.85. The van der Waals surface area contributed by atoms with Crippen LogP contribution < -0.4 is 9.46 Å². The average molecular weight is 526 g/mol. The first-order valence-electron chi connectivity index (χ1n) is 9.15. The molecule has 1 atom stereocenters. The highest BCUT2D eigenvalue weighted by Crippen LogP contribution is 2.38. The molecule has 14 heteroatoms. The molecule has 8 nitrogen and oxygen atoms in total. The van der Waals surface area contributed by atoms with Crippen molar-refractivity contribution < 1.29 is 36.2 Å². The summed E-state index contributed by atoms with van der Waals surface area (Å²) < 4.78 is 74.9. The first-order valence-corrected chi connectivity index (χ1v) is 11.4. The molecule has 0 saturated heterocycles. The van der Waals surface area contributed by atoms with Crippen LogP contribution in [0.2, 0.25) is 5.02 Å². The minimum atomic E-state index is -5.01. The standard InChI is InChI=1S/C19H16Cl2F3N3O5S/c20-13-3-1-2-12(10-13)15-16(25-11-26-17(15)31-9-8-28)27-33(29,30)14-4-6-18(21,7-5-14)32-19(22,23)24/h1-6,10-11,28H,7-9H2,(H,25,26,27). The van der Waals surface area contributed by atoms with Gasteiger partial charge in [0.2, 0.25) is 5.88 Å². The number of benzene rings is 1. The summed E-state index contributed by atoms with van der Waals surface area (Å²) in [5.74, 6) is -0.200. The molecule has 0 aliphatic heterocycles. The predicted octanol–water partition coefficient (Wildman–Crippen LogP) is 4.23. The zero-order valence-corrected chi connectivity index (χ0v) is 18.8. The smallest absolute Gasteiger partial charge is 0.475 e. The maximum Gasteiger partial charge on any atom is 0.524 e. The van der Waals surface area contributed by atoms with E-state index < -0.39 is 27.9 Å². The number of hydrogen-bond donors (Lipinski definition) is 2. The maximum atomic E-state index is 12.9. The van der Waals surface area contributed by atoms with E-state index in [1.807, 2.05) is 0 Å². The molecule has 0 fully saturated rings. The van der Waals surface area contributed by atoms with Crippen LogP contribution in [0.15, 0.2) is 53.7 Å². The van der Waals surface area contributed by atoms with E-state index in [1.54, 1.807) is 18.2 Å². The summed E-state index contributed by atoms with van der Waals surface area (Å²) in [5, 5.41) is 7.15. The van der Waals surface area contributed by atoms with Gasteiger partial charge >= 0.3 is 6.36 Å². The fourth-order valence-electron chi connectivity index (χ4n) is 2.84. The van der Waals surface area contributed by atoms with Crippen LogP contribution in [0.25, 0.3) is 11.1 Å². The van der Waals surface area contributed by atoms with Gasteiger partial charge in [0.05, 0.1) is 17.1 Å². The molecule has 1 heterocycles. The van der Waals surface area contributed by atoms with Gasteiger partial charge in [0.1, 0.15) is 12.9 Å². The topological polar surface area (TPSA) is 111 Å². The molecule has 0 saturated carbocycles. The Kier molecular flexibility index (Phi) is 7.54. The number of allylic oxidation sites excluding steroid dienone is 1. The minimum absolute atomic E-state index is 0.0227. The summed E-state index contributed by atoms with van der Waals surface area (Å²) in [4.78, 5) is 7.61. The molecule has 1 unspecified atom stereocenters. The largest absolute Gasteiger partial charge is 0.524 e. The highest BCUT2D eigenvalue weighted by Gasteiger charge is 2.42. The number of rotatable bonds is 8. The molecule has 1 aliphatic rings. The van der Waals surface area contributed by atoms with Crippen molar-refractivity contribution >= 4 is 39.0 Å². The Hall–Kier alpha value is -2.38. The van der Waals surface area contributed by atoms with E-state index in [0.29, 0.717) is 10.6 Å². The first kappa shape index (κ1) is 25.2. The molecule has 0 spiro atoms. The third-order valence-electron chi connectivity index (χ3n) is 4.16. The van der Waals surface area contributed by atoms with E-state index in [9.17, 15) is 21.6 Å². The fourth-order valence-corrected chi connectivity index (χ4v) is 4.33. The number of aliphatic hydroxyl groups is 1. The Morgan fingerprint density at radius 1 is 1.27 bits per heavy atom. The van der Waals surface area contributed by atoms with Crippen LogP contribution in [0, 0.1) is 0 Å². The zero-order valence-electron chi connectivity index (χ0n) is 16.5. The van der Waals surface area contributed by atoms with Crippen molar-refractivity contribution in [2.24, 2.45) is 0 Å². The molecule has 2 N–H and O–H groups in total. The minimum Gasteiger partial charge on any atom is -0.475 e. The van der Waals surface area contributed by atoms with Crippen LogP contribution in [-0.4, -0.2) is 48.1 Å². The van der Waals surface area contributed by atoms with E-state index in [2.05, 4.69) is 19.4 Å². The van der Waals surface area contributed by atoms with Crippen molar-refractivity contribution in [2.75, 3.05) is 17.9 Å². The number of ether oxygens (including phenoxy) is 2. The van der Waals surface area contributed by atoms with Crippen molar-refractivity contribution in [1.29, 1.82) is 0 Å². The monoisotopic (exact) mass is 525 g/mol. The van der Waals surface area contributed by atoms with Crippen molar-refractivity contribution in [2.45, 2.75) is 17.8 Å². The number of nitrogens with zero attached hydrogens (tertiary/aromatic N) is 2. The summed E-state index contributed by atoms with van der Waals surface area (Å²) in [5.41, 5.74) is 0.560. The van der Waals surface area contributed by atoms with Crippen molar-refractivity contribution in [3.63, 3.8) is 0 Å². The van der Waals surface area contributed by atoms with Crippen LogP contribution in [-0.2, 0) is 14.8 Å². The summed E-state index contributed by atoms with van der Waals surface area (Å²) in [6.45, 7) is -0.445. The number of anilines is 1. The van der Waals surface area contributed by atoms with Crippen molar-refractivity contribution in [1.82, 2.24) is 9.97 Å². The van der Waals surface area contributed by atoms with Crippen molar-refractivity contribution in [3.05, 3.63) is 58.7 Å². The van der Waals surface area contributed by atoms with Crippen LogP contribution in [0.4, 0.5) is 19.0 Å². The van der Waals surface area contributed by atoms with Crippen LogP contribution >= 0.6 is 23.2 Å². The van der Waals surface area contributed by atoms with E-state index in [1.165, 1.54) is 6.07 Å². The van der Waals surface area contributed by atoms with Gasteiger partial charge in [-0.1, -0.05) is 41.4 Å². The second-order valence-electron chi connectivity index (χ2n) is 6.57. The van der Waals surface area contributed by atoms with Gasteiger partial charge in [-0.05, 0) is 29.8 Å². The summed E-state index contributed by atoms with van der Waals surface area (Å²) >= 11 is 11.8. The van der Waals surface area contributed by atoms with Gasteiger partial charge in [-0.2, -0.15) is 0 Å². The summed E-state index contributed by atoms with van der Waals surface area (Å²) in [6, 6.07) is 6.36. The Morgan fingerprint density at radius 2 is 2.03 bits per heavy atom. The molecule has 0 bridgehead atoms. The fraction of sp³-hybridized carbons (Fsp3) is 0.263. The first-order chi connectivity index (χ1) is 15.4. The second-order valence-corrected chi connectivity index (χ2v) is 9.33. The van der Waals surface area contributed by atoms with Gasteiger partial charge in [0, 0.05) is 11.4 Å². The van der Waals surface area contributed by atoms with Gasteiger partial charge < -0.3 is 9.84 Å². The van der Waals surface area contributed by atoms with E-state index in [-0.39, 0.29) is 35.4 Å². The molecule has 178 valence electrons. The number of aromatic nitrogens is 2. The quantitative estimate of drug-likeness (QED) is 0.496. The number of sulfonamides is 1. The maximum absolute atomic E-state index is 12.9. The molecular weight excluding hydrogens is 510 g/mol. The molecule has 3 rings (SSSR count). The molecule has 33 heavy (non-hydrogen) atoms. The van der Waals surface area contributed by atoms with Gasteiger partial charge in [0.15, 0.2) is 10.9 Å². The highest BCUT2D eigenvalue weighted by atomic mass is 35.5. The lowest BCUT2D eigenvalue weighted by Crippen LogP contribution is -2.32. The number of aliphatic hydroxyl groups excluding tert-OH is 1. The van der Waals surface area contributed by atoms with Crippen molar-refractivity contribution in [3.8, 4) is 17.0 Å². The molecule has 1 aliphatic carbocycles. The Bertz CT molecular complexity index is 1190.